The largest absolute Gasteiger partial charge is 0.308 e. The minimum Gasteiger partial charge on any atom is -0.308 e. The maximum atomic E-state index is 4.62. The van der Waals surface area contributed by atoms with E-state index in [4.69, 9.17) is 0 Å². The standard InChI is InChI=1S/C18H24N2S/c1-13-10-14(2)20-17(11-13)21-16-9-7-6-8-15(16)12-19-18(3,4)5/h6-11,19H,12H2,1-5H3. The summed E-state index contributed by atoms with van der Waals surface area (Å²) >= 11 is 1.74. The van der Waals surface area contributed by atoms with Gasteiger partial charge in [-0.3, -0.25) is 0 Å². The first-order valence-electron chi connectivity index (χ1n) is 7.29. The van der Waals surface area contributed by atoms with Crippen molar-refractivity contribution in [3.63, 3.8) is 0 Å². The van der Waals surface area contributed by atoms with Gasteiger partial charge in [-0.2, -0.15) is 0 Å². The third-order valence-electron chi connectivity index (χ3n) is 3.07. The summed E-state index contributed by atoms with van der Waals surface area (Å²) in [7, 11) is 0. The minimum atomic E-state index is 0.121. The first-order valence-corrected chi connectivity index (χ1v) is 8.11. The van der Waals surface area contributed by atoms with Crippen LogP contribution >= 0.6 is 11.8 Å². The van der Waals surface area contributed by atoms with Gasteiger partial charge in [-0.05, 0) is 63.9 Å². The van der Waals surface area contributed by atoms with E-state index in [9.17, 15) is 0 Å². The Bertz CT molecular complexity index is 595. The maximum Gasteiger partial charge on any atom is 0.101 e. The summed E-state index contributed by atoms with van der Waals surface area (Å²) in [5, 5.41) is 4.62. The summed E-state index contributed by atoms with van der Waals surface area (Å²) in [6.07, 6.45) is 0. The Morgan fingerprint density at radius 3 is 2.48 bits per heavy atom. The van der Waals surface area contributed by atoms with Crippen LogP contribution in [0.3, 0.4) is 0 Å². The van der Waals surface area contributed by atoms with Gasteiger partial charge in [0, 0.05) is 22.7 Å². The lowest BCUT2D eigenvalue weighted by molar-refractivity contribution is 0.422. The molecule has 0 bridgehead atoms. The molecule has 0 unspecified atom stereocenters. The monoisotopic (exact) mass is 300 g/mol. The summed E-state index contributed by atoms with van der Waals surface area (Å²) in [4.78, 5) is 5.89. The molecule has 2 nitrogen and oxygen atoms in total. The predicted octanol–water partition coefficient (Wildman–Crippen LogP) is 4.74. The van der Waals surface area contributed by atoms with Gasteiger partial charge in [-0.25, -0.2) is 4.98 Å². The van der Waals surface area contributed by atoms with E-state index in [0.29, 0.717) is 0 Å². The molecule has 1 heterocycles. The molecule has 112 valence electrons. The van der Waals surface area contributed by atoms with Gasteiger partial charge in [0.05, 0.1) is 0 Å². The highest BCUT2D eigenvalue weighted by atomic mass is 32.2. The second-order valence-electron chi connectivity index (χ2n) is 6.44. The Hall–Kier alpha value is -1.32. The topological polar surface area (TPSA) is 24.9 Å². The van der Waals surface area contributed by atoms with Crippen LogP contribution in [0.15, 0.2) is 46.3 Å². The van der Waals surface area contributed by atoms with E-state index in [1.807, 2.05) is 6.92 Å². The summed E-state index contributed by atoms with van der Waals surface area (Å²) in [5.41, 5.74) is 3.77. The van der Waals surface area contributed by atoms with Crippen molar-refractivity contribution < 1.29 is 0 Å². The number of benzene rings is 1. The molecule has 0 spiro atoms. The highest BCUT2D eigenvalue weighted by Crippen LogP contribution is 2.30. The average Bonchev–Trinajstić information content (AvgIpc) is 2.35. The van der Waals surface area contributed by atoms with Gasteiger partial charge in [0.2, 0.25) is 0 Å². The van der Waals surface area contributed by atoms with Gasteiger partial charge in [0.1, 0.15) is 5.03 Å². The van der Waals surface area contributed by atoms with E-state index >= 15 is 0 Å². The summed E-state index contributed by atoms with van der Waals surface area (Å²) < 4.78 is 0. The molecule has 0 atom stereocenters. The molecule has 0 aliphatic rings. The number of rotatable bonds is 4. The van der Waals surface area contributed by atoms with E-state index in [1.54, 1.807) is 11.8 Å². The Morgan fingerprint density at radius 1 is 1.10 bits per heavy atom. The predicted molar refractivity (Wildman–Crippen MR) is 90.9 cm³/mol. The zero-order chi connectivity index (χ0) is 15.5. The number of hydrogen-bond acceptors (Lipinski definition) is 3. The zero-order valence-corrected chi connectivity index (χ0v) is 14.3. The van der Waals surface area contributed by atoms with Crippen LogP contribution < -0.4 is 5.32 Å². The number of hydrogen-bond donors (Lipinski definition) is 1. The van der Waals surface area contributed by atoms with Gasteiger partial charge >= 0.3 is 0 Å². The molecule has 1 N–H and O–H groups in total. The van der Waals surface area contributed by atoms with Crippen LogP contribution in [0, 0.1) is 13.8 Å². The van der Waals surface area contributed by atoms with Crippen molar-refractivity contribution in [2.75, 3.05) is 0 Å². The number of pyridine rings is 1. The lowest BCUT2D eigenvalue weighted by Crippen LogP contribution is -2.35. The quantitative estimate of drug-likeness (QED) is 0.883. The van der Waals surface area contributed by atoms with Crippen LogP contribution in [0.25, 0.3) is 0 Å². The molecule has 0 amide bonds. The molecule has 0 aliphatic carbocycles. The van der Waals surface area contributed by atoms with E-state index in [2.05, 4.69) is 74.4 Å². The fraction of sp³-hybridized carbons (Fsp3) is 0.389. The van der Waals surface area contributed by atoms with Crippen LogP contribution in [0.4, 0.5) is 0 Å². The van der Waals surface area contributed by atoms with Crippen molar-refractivity contribution in [2.45, 2.75) is 56.6 Å². The number of aryl methyl sites for hydroxylation is 2. The minimum absolute atomic E-state index is 0.121. The molecule has 0 fully saturated rings. The summed E-state index contributed by atoms with van der Waals surface area (Å²) in [5.74, 6) is 0. The molecular formula is C18H24N2S. The van der Waals surface area contributed by atoms with Gasteiger partial charge in [-0.15, -0.1) is 0 Å². The first-order chi connectivity index (χ1) is 9.83. The van der Waals surface area contributed by atoms with Crippen LogP contribution in [-0.2, 0) is 6.54 Å². The lowest BCUT2D eigenvalue weighted by atomic mass is 10.1. The van der Waals surface area contributed by atoms with Crippen LogP contribution in [0.1, 0.15) is 37.6 Å². The van der Waals surface area contributed by atoms with Crippen LogP contribution in [0.5, 0.6) is 0 Å². The lowest BCUT2D eigenvalue weighted by Gasteiger charge is -2.21. The van der Waals surface area contributed by atoms with E-state index < -0.39 is 0 Å². The highest BCUT2D eigenvalue weighted by molar-refractivity contribution is 7.99. The maximum absolute atomic E-state index is 4.62. The molecule has 1 aromatic heterocycles. The van der Waals surface area contributed by atoms with Crippen molar-refractivity contribution in [3.05, 3.63) is 53.2 Å². The zero-order valence-electron chi connectivity index (χ0n) is 13.5. The molecule has 0 saturated heterocycles. The third kappa shape index (κ3) is 5.18. The Labute approximate surface area is 132 Å². The summed E-state index contributed by atoms with van der Waals surface area (Å²) in [6.45, 7) is 11.6. The van der Waals surface area contributed by atoms with Crippen LogP contribution in [-0.4, -0.2) is 10.5 Å². The Balaban J connectivity index is 2.20. The fourth-order valence-electron chi connectivity index (χ4n) is 2.08. The molecule has 2 aromatic rings. The van der Waals surface area contributed by atoms with E-state index in [-0.39, 0.29) is 5.54 Å². The molecule has 21 heavy (non-hydrogen) atoms. The molecule has 0 saturated carbocycles. The van der Waals surface area contributed by atoms with Crippen molar-refractivity contribution in [3.8, 4) is 0 Å². The second kappa shape index (κ2) is 6.63. The van der Waals surface area contributed by atoms with Gasteiger partial charge in [-0.1, -0.05) is 30.0 Å². The molecule has 0 radical (unpaired) electrons. The van der Waals surface area contributed by atoms with Crippen molar-refractivity contribution >= 4 is 11.8 Å². The van der Waals surface area contributed by atoms with Crippen LogP contribution in [0.2, 0.25) is 0 Å². The van der Waals surface area contributed by atoms with E-state index in [0.717, 1.165) is 17.3 Å². The average molecular weight is 300 g/mol. The van der Waals surface area contributed by atoms with E-state index in [1.165, 1.54) is 16.0 Å². The number of aromatic nitrogens is 1. The summed E-state index contributed by atoms with van der Waals surface area (Å²) in [6, 6.07) is 12.8. The molecule has 3 heteroatoms. The smallest absolute Gasteiger partial charge is 0.101 e. The SMILES string of the molecule is Cc1cc(C)nc(Sc2ccccc2CNC(C)(C)C)c1. The van der Waals surface area contributed by atoms with Crippen molar-refractivity contribution in [2.24, 2.45) is 0 Å². The van der Waals surface area contributed by atoms with Crippen molar-refractivity contribution in [1.82, 2.24) is 10.3 Å². The number of nitrogens with zero attached hydrogens (tertiary/aromatic N) is 1. The Kier molecular flexibility index (Phi) is 5.07. The number of nitrogens with one attached hydrogen (secondary N) is 1. The third-order valence-corrected chi connectivity index (χ3v) is 4.11. The van der Waals surface area contributed by atoms with Gasteiger partial charge < -0.3 is 5.32 Å². The van der Waals surface area contributed by atoms with Crippen molar-refractivity contribution in [1.29, 1.82) is 0 Å². The molecule has 0 aliphatic heterocycles. The normalized spacial score (nSPS) is 11.7. The molecule has 2 rings (SSSR count). The molecular weight excluding hydrogens is 276 g/mol. The second-order valence-corrected chi connectivity index (χ2v) is 7.50. The fourth-order valence-corrected chi connectivity index (χ4v) is 3.16. The van der Waals surface area contributed by atoms with Gasteiger partial charge in [0.25, 0.3) is 0 Å². The first kappa shape index (κ1) is 16.1. The van der Waals surface area contributed by atoms with Gasteiger partial charge in [0.15, 0.2) is 0 Å². The molecule has 1 aromatic carbocycles. The Morgan fingerprint density at radius 2 is 1.81 bits per heavy atom. The highest BCUT2D eigenvalue weighted by Gasteiger charge is 2.11.